The number of rotatable bonds is 6. The average Bonchev–Trinajstić information content (AvgIpc) is 2.27. The van der Waals surface area contributed by atoms with E-state index in [0.29, 0.717) is 6.04 Å². The molecule has 1 atom stereocenters. The van der Waals surface area contributed by atoms with Crippen LogP contribution in [-0.2, 0) is 0 Å². The third-order valence-corrected chi connectivity index (χ3v) is 3.91. The van der Waals surface area contributed by atoms with Gasteiger partial charge in [0.15, 0.2) is 0 Å². The van der Waals surface area contributed by atoms with E-state index in [-0.39, 0.29) is 0 Å². The second kappa shape index (κ2) is 6.97. The molecule has 0 saturated heterocycles. The second-order valence-corrected chi connectivity index (χ2v) is 5.65. The van der Waals surface area contributed by atoms with Crippen molar-refractivity contribution in [1.82, 2.24) is 5.32 Å². The second-order valence-electron chi connectivity index (χ2n) is 4.55. The van der Waals surface area contributed by atoms with E-state index in [2.05, 4.69) is 57.3 Å². The summed E-state index contributed by atoms with van der Waals surface area (Å²) in [5.74, 6) is 1.95. The SMILES string of the molecule is CCNC(C)c1ccc(SCC(C)C)cc1. The van der Waals surface area contributed by atoms with Crippen LogP contribution in [-0.4, -0.2) is 12.3 Å². The zero-order valence-electron chi connectivity index (χ0n) is 10.8. The Labute approximate surface area is 104 Å². The van der Waals surface area contributed by atoms with Crippen LogP contribution in [0.1, 0.15) is 39.3 Å². The minimum atomic E-state index is 0.453. The lowest BCUT2D eigenvalue weighted by Gasteiger charge is -2.13. The first-order chi connectivity index (χ1) is 7.63. The minimum Gasteiger partial charge on any atom is -0.310 e. The Morgan fingerprint density at radius 3 is 2.25 bits per heavy atom. The quantitative estimate of drug-likeness (QED) is 0.747. The van der Waals surface area contributed by atoms with E-state index in [1.807, 2.05) is 11.8 Å². The summed E-state index contributed by atoms with van der Waals surface area (Å²) in [5.41, 5.74) is 1.37. The molecule has 1 unspecified atom stereocenters. The van der Waals surface area contributed by atoms with Crippen LogP contribution in [0.3, 0.4) is 0 Å². The summed E-state index contributed by atoms with van der Waals surface area (Å²) in [6, 6.07) is 9.38. The lowest BCUT2D eigenvalue weighted by molar-refractivity contribution is 0.598. The van der Waals surface area contributed by atoms with Gasteiger partial charge in [-0.1, -0.05) is 32.9 Å². The molecule has 16 heavy (non-hydrogen) atoms. The van der Waals surface area contributed by atoms with Gasteiger partial charge in [0.2, 0.25) is 0 Å². The van der Waals surface area contributed by atoms with Crippen molar-refractivity contribution < 1.29 is 0 Å². The summed E-state index contributed by atoms with van der Waals surface area (Å²) < 4.78 is 0. The summed E-state index contributed by atoms with van der Waals surface area (Å²) in [4.78, 5) is 1.38. The Morgan fingerprint density at radius 2 is 1.75 bits per heavy atom. The molecule has 0 bridgehead atoms. The van der Waals surface area contributed by atoms with E-state index >= 15 is 0 Å². The van der Waals surface area contributed by atoms with Gasteiger partial charge in [-0.15, -0.1) is 11.8 Å². The maximum Gasteiger partial charge on any atom is 0.0291 e. The van der Waals surface area contributed by atoms with Gasteiger partial charge >= 0.3 is 0 Å². The molecule has 1 N–H and O–H groups in total. The van der Waals surface area contributed by atoms with Crippen molar-refractivity contribution >= 4 is 11.8 Å². The highest BCUT2D eigenvalue weighted by molar-refractivity contribution is 7.99. The maximum absolute atomic E-state index is 3.42. The molecule has 90 valence electrons. The van der Waals surface area contributed by atoms with Crippen molar-refractivity contribution in [3.63, 3.8) is 0 Å². The number of benzene rings is 1. The fraction of sp³-hybridized carbons (Fsp3) is 0.571. The predicted octanol–water partition coefficient (Wildman–Crippen LogP) is 4.11. The van der Waals surface area contributed by atoms with E-state index in [9.17, 15) is 0 Å². The topological polar surface area (TPSA) is 12.0 Å². The lowest BCUT2D eigenvalue weighted by atomic mass is 10.1. The van der Waals surface area contributed by atoms with Gasteiger partial charge in [-0.2, -0.15) is 0 Å². The molecule has 0 fully saturated rings. The molecule has 1 nitrogen and oxygen atoms in total. The number of nitrogens with one attached hydrogen (secondary N) is 1. The standard InChI is InChI=1S/C14H23NS/c1-5-15-12(4)13-6-8-14(9-7-13)16-10-11(2)3/h6-9,11-12,15H,5,10H2,1-4H3. The summed E-state index contributed by atoms with van der Waals surface area (Å²) in [6.45, 7) is 9.89. The van der Waals surface area contributed by atoms with Gasteiger partial charge in [-0.05, 0) is 37.1 Å². The molecule has 1 rings (SSSR count). The molecular formula is C14H23NS. The summed E-state index contributed by atoms with van der Waals surface area (Å²) in [7, 11) is 0. The first-order valence-corrected chi connectivity index (χ1v) is 7.08. The number of thioether (sulfide) groups is 1. The molecule has 0 amide bonds. The highest BCUT2D eigenvalue weighted by atomic mass is 32.2. The normalized spacial score (nSPS) is 13.1. The van der Waals surface area contributed by atoms with Crippen molar-refractivity contribution in [2.45, 2.75) is 38.6 Å². The van der Waals surface area contributed by atoms with Gasteiger partial charge in [0.05, 0.1) is 0 Å². The molecule has 0 radical (unpaired) electrons. The molecular weight excluding hydrogens is 214 g/mol. The monoisotopic (exact) mass is 237 g/mol. The van der Waals surface area contributed by atoms with Gasteiger partial charge in [0.1, 0.15) is 0 Å². The Morgan fingerprint density at radius 1 is 1.12 bits per heavy atom. The molecule has 2 heteroatoms. The molecule has 1 aromatic rings. The Balaban J connectivity index is 2.53. The largest absolute Gasteiger partial charge is 0.310 e. The summed E-state index contributed by atoms with van der Waals surface area (Å²) in [5, 5.41) is 3.42. The average molecular weight is 237 g/mol. The van der Waals surface area contributed by atoms with E-state index in [1.54, 1.807) is 0 Å². The molecule has 0 saturated carbocycles. The van der Waals surface area contributed by atoms with Crippen LogP contribution in [0.15, 0.2) is 29.2 Å². The number of hydrogen-bond acceptors (Lipinski definition) is 2. The fourth-order valence-corrected chi connectivity index (χ4v) is 2.39. The summed E-state index contributed by atoms with van der Waals surface area (Å²) in [6.07, 6.45) is 0. The van der Waals surface area contributed by atoms with Crippen molar-refractivity contribution in [2.75, 3.05) is 12.3 Å². The minimum absolute atomic E-state index is 0.453. The fourth-order valence-electron chi connectivity index (χ4n) is 1.54. The van der Waals surface area contributed by atoms with Crippen molar-refractivity contribution in [3.05, 3.63) is 29.8 Å². The molecule has 0 heterocycles. The van der Waals surface area contributed by atoms with Crippen LogP contribution in [0.4, 0.5) is 0 Å². The Hall–Kier alpha value is -0.470. The zero-order chi connectivity index (χ0) is 12.0. The summed E-state index contributed by atoms with van der Waals surface area (Å²) >= 11 is 1.94. The molecule has 0 aliphatic rings. The first-order valence-electron chi connectivity index (χ1n) is 6.09. The van der Waals surface area contributed by atoms with Crippen molar-refractivity contribution in [2.24, 2.45) is 5.92 Å². The van der Waals surface area contributed by atoms with Gasteiger partial charge < -0.3 is 5.32 Å². The van der Waals surface area contributed by atoms with Crippen LogP contribution in [0.5, 0.6) is 0 Å². The Bertz CT molecular complexity index is 292. The van der Waals surface area contributed by atoms with E-state index in [0.717, 1.165) is 12.5 Å². The third-order valence-electron chi connectivity index (χ3n) is 2.47. The molecule has 0 aliphatic heterocycles. The predicted molar refractivity (Wildman–Crippen MR) is 74.1 cm³/mol. The number of hydrogen-bond donors (Lipinski definition) is 1. The zero-order valence-corrected chi connectivity index (χ0v) is 11.6. The smallest absolute Gasteiger partial charge is 0.0291 e. The van der Waals surface area contributed by atoms with Gasteiger partial charge in [-0.25, -0.2) is 0 Å². The van der Waals surface area contributed by atoms with Crippen LogP contribution in [0, 0.1) is 5.92 Å². The van der Waals surface area contributed by atoms with Crippen molar-refractivity contribution in [3.8, 4) is 0 Å². The first kappa shape index (κ1) is 13.6. The van der Waals surface area contributed by atoms with Gasteiger partial charge in [0, 0.05) is 16.7 Å². The molecule has 1 aromatic carbocycles. The van der Waals surface area contributed by atoms with E-state index in [1.165, 1.54) is 16.2 Å². The van der Waals surface area contributed by atoms with Crippen LogP contribution in [0.2, 0.25) is 0 Å². The van der Waals surface area contributed by atoms with Gasteiger partial charge in [0.25, 0.3) is 0 Å². The molecule has 0 aliphatic carbocycles. The third kappa shape index (κ3) is 4.58. The molecule has 0 aromatic heterocycles. The Kier molecular flexibility index (Phi) is 5.93. The van der Waals surface area contributed by atoms with E-state index in [4.69, 9.17) is 0 Å². The maximum atomic E-state index is 3.42. The van der Waals surface area contributed by atoms with Crippen LogP contribution < -0.4 is 5.32 Å². The van der Waals surface area contributed by atoms with E-state index < -0.39 is 0 Å². The highest BCUT2D eigenvalue weighted by Gasteiger charge is 2.03. The van der Waals surface area contributed by atoms with Crippen molar-refractivity contribution in [1.29, 1.82) is 0 Å². The lowest BCUT2D eigenvalue weighted by Crippen LogP contribution is -2.17. The molecule has 0 spiro atoms. The highest BCUT2D eigenvalue weighted by Crippen LogP contribution is 2.22. The van der Waals surface area contributed by atoms with Gasteiger partial charge in [-0.3, -0.25) is 0 Å². The van der Waals surface area contributed by atoms with Crippen LogP contribution >= 0.6 is 11.8 Å². The van der Waals surface area contributed by atoms with Crippen LogP contribution in [0.25, 0.3) is 0 Å².